The van der Waals surface area contributed by atoms with Crippen molar-refractivity contribution in [2.24, 2.45) is 0 Å². The summed E-state index contributed by atoms with van der Waals surface area (Å²) in [5.74, 6) is 0.130. The fourth-order valence-corrected chi connectivity index (χ4v) is 2.26. The first-order valence-electron chi connectivity index (χ1n) is 5.74. The molecule has 0 bridgehead atoms. The number of amides is 1. The van der Waals surface area contributed by atoms with Crippen molar-refractivity contribution in [1.29, 1.82) is 0 Å². The normalized spacial score (nSPS) is 12.4. The van der Waals surface area contributed by atoms with Gasteiger partial charge in [-0.1, -0.05) is 13.0 Å². The van der Waals surface area contributed by atoms with Crippen LogP contribution in [0, 0.1) is 0 Å². The molecule has 1 amide bonds. The molecule has 2 N–H and O–H groups in total. The molecule has 3 nitrogen and oxygen atoms in total. The first-order valence-corrected chi connectivity index (χ1v) is 6.62. The molecule has 16 heavy (non-hydrogen) atoms. The van der Waals surface area contributed by atoms with Gasteiger partial charge >= 0.3 is 0 Å². The second-order valence-corrected chi connectivity index (χ2v) is 4.87. The molecule has 0 aromatic carbocycles. The first-order chi connectivity index (χ1) is 7.72. The van der Waals surface area contributed by atoms with Gasteiger partial charge in [0.2, 0.25) is 5.91 Å². The molecule has 0 fully saturated rings. The van der Waals surface area contributed by atoms with Gasteiger partial charge in [0.15, 0.2) is 0 Å². The SMILES string of the molecule is CCNC(C)CC(=O)NCCc1cccs1. The van der Waals surface area contributed by atoms with E-state index < -0.39 is 0 Å². The third-order valence-electron chi connectivity index (χ3n) is 2.32. The van der Waals surface area contributed by atoms with Crippen LogP contribution in [0.3, 0.4) is 0 Å². The minimum Gasteiger partial charge on any atom is -0.356 e. The van der Waals surface area contributed by atoms with Crippen LogP contribution in [-0.4, -0.2) is 25.0 Å². The number of thiophene rings is 1. The minimum absolute atomic E-state index is 0.130. The topological polar surface area (TPSA) is 41.1 Å². The predicted molar refractivity (Wildman–Crippen MR) is 68.8 cm³/mol. The summed E-state index contributed by atoms with van der Waals surface area (Å²) in [5.41, 5.74) is 0. The predicted octanol–water partition coefficient (Wildman–Crippen LogP) is 1.79. The maximum atomic E-state index is 11.5. The Morgan fingerprint density at radius 2 is 2.38 bits per heavy atom. The van der Waals surface area contributed by atoms with Crippen molar-refractivity contribution in [3.8, 4) is 0 Å². The largest absolute Gasteiger partial charge is 0.356 e. The first kappa shape index (κ1) is 13.2. The van der Waals surface area contributed by atoms with Crippen LogP contribution in [0.15, 0.2) is 17.5 Å². The van der Waals surface area contributed by atoms with Crippen LogP contribution < -0.4 is 10.6 Å². The highest BCUT2D eigenvalue weighted by Gasteiger charge is 2.06. The molecule has 0 aliphatic carbocycles. The molecule has 0 aliphatic rings. The molecule has 90 valence electrons. The number of carbonyl (C=O) groups excluding carboxylic acids is 1. The van der Waals surface area contributed by atoms with Gasteiger partial charge in [-0.2, -0.15) is 0 Å². The maximum absolute atomic E-state index is 11.5. The molecular weight excluding hydrogens is 220 g/mol. The summed E-state index contributed by atoms with van der Waals surface area (Å²) >= 11 is 1.73. The van der Waals surface area contributed by atoms with Crippen LogP contribution in [0.25, 0.3) is 0 Å². The smallest absolute Gasteiger partial charge is 0.221 e. The summed E-state index contributed by atoms with van der Waals surface area (Å²) in [6, 6.07) is 4.39. The fraction of sp³-hybridized carbons (Fsp3) is 0.583. The van der Waals surface area contributed by atoms with Gasteiger partial charge in [0.05, 0.1) is 0 Å². The molecule has 0 radical (unpaired) electrons. The summed E-state index contributed by atoms with van der Waals surface area (Å²) in [4.78, 5) is 12.8. The third-order valence-corrected chi connectivity index (χ3v) is 3.25. The van der Waals surface area contributed by atoms with Crippen molar-refractivity contribution in [3.05, 3.63) is 22.4 Å². The Balaban J connectivity index is 2.10. The molecule has 0 aliphatic heterocycles. The van der Waals surface area contributed by atoms with Crippen molar-refractivity contribution in [3.63, 3.8) is 0 Å². The molecule has 1 unspecified atom stereocenters. The highest BCUT2D eigenvalue weighted by Crippen LogP contribution is 2.08. The zero-order chi connectivity index (χ0) is 11.8. The van der Waals surface area contributed by atoms with Gasteiger partial charge in [0.1, 0.15) is 0 Å². The standard InChI is InChI=1S/C12H20N2OS/c1-3-13-10(2)9-12(15)14-7-6-11-5-4-8-16-11/h4-5,8,10,13H,3,6-7,9H2,1-2H3,(H,14,15). The van der Waals surface area contributed by atoms with E-state index in [4.69, 9.17) is 0 Å². The second-order valence-electron chi connectivity index (χ2n) is 3.84. The lowest BCUT2D eigenvalue weighted by Gasteiger charge is -2.11. The average Bonchev–Trinajstić information content (AvgIpc) is 2.70. The summed E-state index contributed by atoms with van der Waals surface area (Å²) in [6.07, 6.45) is 1.48. The Morgan fingerprint density at radius 1 is 1.56 bits per heavy atom. The van der Waals surface area contributed by atoms with Crippen molar-refractivity contribution in [2.45, 2.75) is 32.7 Å². The van der Waals surface area contributed by atoms with Crippen molar-refractivity contribution in [2.75, 3.05) is 13.1 Å². The van der Waals surface area contributed by atoms with Gasteiger partial charge in [-0.25, -0.2) is 0 Å². The lowest BCUT2D eigenvalue weighted by molar-refractivity contribution is -0.121. The third kappa shape index (κ3) is 5.28. The van der Waals surface area contributed by atoms with E-state index >= 15 is 0 Å². The van der Waals surface area contributed by atoms with Gasteiger partial charge in [-0.15, -0.1) is 11.3 Å². The summed E-state index contributed by atoms with van der Waals surface area (Å²) in [7, 11) is 0. The van der Waals surface area contributed by atoms with Gasteiger partial charge in [0, 0.05) is 23.9 Å². The van der Waals surface area contributed by atoms with Gasteiger partial charge in [0.25, 0.3) is 0 Å². The highest BCUT2D eigenvalue weighted by atomic mass is 32.1. The molecule has 0 saturated heterocycles. The zero-order valence-electron chi connectivity index (χ0n) is 9.95. The number of rotatable bonds is 7. The molecule has 1 rings (SSSR count). The maximum Gasteiger partial charge on any atom is 0.221 e. The number of carbonyl (C=O) groups is 1. The fourth-order valence-electron chi connectivity index (χ4n) is 1.55. The van der Waals surface area contributed by atoms with E-state index in [1.807, 2.05) is 19.9 Å². The average molecular weight is 240 g/mol. The van der Waals surface area contributed by atoms with Crippen LogP contribution in [0.4, 0.5) is 0 Å². The van der Waals surface area contributed by atoms with Crippen LogP contribution >= 0.6 is 11.3 Å². The van der Waals surface area contributed by atoms with E-state index in [1.165, 1.54) is 4.88 Å². The van der Waals surface area contributed by atoms with E-state index in [0.717, 1.165) is 19.5 Å². The zero-order valence-corrected chi connectivity index (χ0v) is 10.8. The molecule has 1 atom stereocenters. The number of nitrogens with one attached hydrogen (secondary N) is 2. The Morgan fingerprint density at radius 3 is 3.00 bits per heavy atom. The lowest BCUT2D eigenvalue weighted by Crippen LogP contribution is -2.34. The Hall–Kier alpha value is -0.870. The van der Waals surface area contributed by atoms with Crippen LogP contribution in [0.1, 0.15) is 25.1 Å². The monoisotopic (exact) mass is 240 g/mol. The van der Waals surface area contributed by atoms with Gasteiger partial charge in [-0.05, 0) is 31.3 Å². The Labute approximate surface area is 101 Å². The molecule has 4 heteroatoms. The van der Waals surface area contributed by atoms with Gasteiger partial charge in [-0.3, -0.25) is 4.79 Å². The van der Waals surface area contributed by atoms with E-state index in [1.54, 1.807) is 11.3 Å². The van der Waals surface area contributed by atoms with Crippen LogP contribution in [-0.2, 0) is 11.2 Å². The lowest BCUT2D eigenvalue weighted by atomic mass is 10.2. The molecule has 1 aromatic heterocycles. The minimum atomic E-state index is 0.130. The molecule has 1 heterocycles. The summed E-state index contributed by atoms with van der Waals surface area (Å²) in [6.45, 7) is 5.72. The number of hydrogen-bond donors (Lipinski definition) is 2. The number of hydrogen-bond acceptors (Lipinski definition) is 3. The van der Waals surface area contributed by atoms with Gasteiger partial charge < -0.3 is 10.6 Å². The van der Waals surface area contributed by atoms with Crippen molar-refractivity contribution in [1.82, 2.24) is 10.6 Å². The molecule has 1 aromatic rings. The Kier molecular flexibility index (Phi) is 6.11. The van der Waals surface area contributed by atoms with Crippen LogP contribution in [0.2, 0.25) is 0 Å². The summed E-state index contributed by atoms with van der Waals surface area (Å²) < 4.78 is 0. The van der Waals surface area contributed by atoms with E-state index in [0.29, 0.717) is 6.42 Å². The molecule has 0 saturated carbocycles. The van der Waals surface area contributed by atoms with Crippen molar-refractivity contribution < 1.29 is 4.79 Å². The molecule has 0 spiro atoms. The van der Waals surface area contributed by atoms with E-state index in [2.05, 4.69) is 22.1 Å². The highest BCUT2D eigenvalue weighted by molar-refractivity contribution is 7.09. The van der Waals surface area contributed by atoms with E-state index in [-0.39, 0.29) is 11.9 Å². The van der Waals surface area contributed by atoms with Crippen LogP contribution in [0.5, 0.6) is 0 Å². The second kappa shape index (κ2) is 7.41. The Bertz CT molecular complexity index is 298. The summed E-state index contributed by atoms with van der Waals surface area (Å²) in [5, 5.41) is 8.22. The van der Waals surface area contributed by atoms with E-state index in [9.17, 15) is 4.79 Å². The molecular formula is C12H20N2OS. The quantitative estimate of drug-likeness (QED) is 0.763. The van der Waals surface area contributed by atoms with Crippen molar-refractivity contribution >= 4 is 17.2 Å².